The first kappa shape index (κ1) is 8.01. The lowest BCUT2D eigenvalue weighted by Crippen LogP contribution is -2.09. The summed E-state index contributed by atoms with van der Waals surface area (Å²) in [5.41, 5.74) is 2.38. The Labute approximate surface area is 83.4 Å². The Hall–Kier alpha value is -1.34. The van der Waals surface area contributed by atoms with Crippen LogP contribution in [-0.2, 0) is 0 Å². The number of fused-ring (bicyclic) bond motifs is 3. The first-order chi connectivity index (χ1) is 6.88. The Morgan fingerprint density at radius 3 is 2.50 bits per heavy atom. The van der Waals surface area contributed by atoms with Gasteiger partial charge < -0.3 is 5.11 Å². The zero-order chi connectivity index (χ0) is 9.54. The van der Waals surface area contributed by atoms with Gasteiger partial charge in [0, 0.05) is 11.8 Å². The van der Waals surface area contributed by atoms with Gasteiger partial charge in [-0.2, -0.15) is 0 Å². The van der Waals surface area contributed by atoms with Crippen molar-refractivity contribution >= 4 is 0 Å². The second kappa shape index (κ2) is 2.82. The maximum atomic E-state index is 10.1. The van der Waals surface area contributed by atoms with Crippen molar-refractivity contribution in [2.45, 2.75) is 12.0 Å². The van der Waals surface area contributed by atoms with Gasteiger partial charge in [0.2, 0.25) is 0 Å². The molecule has 0 amide bonds. The van der Waals surface area contributed by atoms with Gasteiger partial charge in [0.25, 0.3) is 0 Å². The molecule has 3 atom stereocenters. The van der Waals surface area contributed by atoms with E-state index in [2.05, 4.69) is 24.3 Å². The number of rotatable bonds is 0. The van der Waals surface area contributed by atoms with E-state index in [1.165, 1.54) is 5.56 Å². The third kappa shape index (κ3) is 0.933. The molecule has 2 aliphatic rings. The lowest BCUT2D eigenvalue weighted by Gasteiger charge is -2.18. The van der Waals surface area contributed by atoms with E-state index in [9.17, 15) is 5.11 Å². The van der Waals surface area contributed by atoms with Crippen LogP contribution >= 0.6 is 0 Å². The summed E-state index contributed by atoms with van der Waals surface area (Å²) in [5, 5.41) is 10.1. The van der Waals surface area contributed by atoms with E-state index in [1.807, 2.05) is 24.3 Å². The molecule has 0 spiro atoms. The topological polar surface area (TPSA) is 20.2 Å². The average Bonchev–Trinajstić information content (AvgIpc) is 2.55. The van der Waals surface area contributed by atoms with Crippen molar-refractivity contribution < 1.29 is 5.11 Å². The maximum absolute atomic E-state index is 10.1. The van der Waals surface area contributed by atoms with E-state index in [0.29, 0.717) is 5.92 Å². The third-order valence-corrected chi connectivity index (χ3v) is 3.22. The van der Waals surface area contributed by atoms with Crippen molar-refractivity contribution in [2.75, 3.05) is 0 Å². The molecule has 0 saturated heterocycles. The van der Waals surface area contributed by atoms with E-state index < -0.39 is 0 Å². The molecule has 14 heavy (non-hydrogen) atoms. The van der Waals surface area contributed by atoms with Crippen LogP contribution in [0.5, 0.6) is 0 Å². The summed E-state index contributed by atoms with van der Waals surface area (Å²) in [4.78, 5) is 0. The van der Waals surface area contributed by atoms with Crippen LogP contribution < -0.4 is 0 Å². The quantitative estimate of drug-likeness (QED) is 0.657. The molecule has 0 aliphatic heterocycles. The molecule has 1 aromatic rings. The molecule has 1 N–H and O–H groups in total. The highest BCUT2D eigenvalue weighted by Gasteiger charge is 2.36. The lowest BCUT2D eigenvalue weighted by atomic mass is 9.88. The molecule has 0 aromatic heterocycles. The minimum Gasteiger partial charge on any atom is -0.388 e. The maximum Gasteiger partial charge on any atom is 0.0864 e. The molecule has 0 fully saturated rings. The van der Waals surface area contributed by atoms with Gasteiger partial charge in [-0.25, -0.2) is 0 Å². The van der Waals surface area contributed by atoms with E-state index >= 15 is 0 Å². The van der Waals surface area contributed by atoms with Gasteiger partial charge in [-0.1, -0.05) is 48.6 Å². The van der Waals surface area contributed by atoms with Crippen LogP contribution in [0, 0.1) is 5.92 Å². The highest BCUT2D eigenvalue weighted by Crippen LogP contribution is 2.47. The monoisotopic (exact) mass is 184 g/mol. The first-order valence-corrected chi connectivity index (χ1v) is 5.00. The van der Waals surface area contributed by atoms with E-state index in [-0.39, 0.29) is 12.0 Å². The Morgan fingerprint density at radius 2 is 1.64 bits per heavy atom. The molecule has 0 saturated carbocycles. The summed E-state index contributed by atoms with van der Waals surface area (Å²) in [6.45, 7) is 0. The third-order valence-electron chi connectivity index (χ3n) is 3.22. The largest absolute Gasteiger partial charge is 0.388 e. The SMILES string of the molecule is OC1c2ccccc2C2C=CC=CC12. The molecule has 1 nitrogen and oxygen atoms in total. The zero-order valence-electron chi connectivity index (χ0n) is 7.80. The van der Waals surface area contributed by atoms with Gasteiger partial charge in [-0.3, -0.25) is 0 Å². The Balaban J connectivity index is 2.17. The molecule has 3 rings (SSSR count). The van der Waals surface area contributed by atoms with Crippen molar-refractivity contribution in [3.05, 3.63) is 59.7 Å². The first-order valence-electron chi connectivity index (χ1n) is 5.00. The highest BCUT2D eigenvalue weighted by molar-refractivity contribution is 5.44. The number of aliphatic hydroxyl groups is 1. The zero-order valence-corrected chi connectivity index (χ0v) is 7.80. The Kier molecular flexibility index (Phi) is 1.62. The summed E-state index contributed by atoms with van der Waals surface area (Å²) in [6, 6.07) is 8.18. The smallest absolute Gasteiger partial charge is 0.0864 e. The number of allylic oxidation sites excluding steroid dienone is 3. The number of benzene rings is 1. The second-order valence-electron chi connectivity index (χ2n) is 3.95. The van der Waals surface area contributed by atoms with Crippen molar-refractivity contribution in [1.29, 1.82) is 0 Å². The van der Waals surface area contributed by atoms with Crippen molar-refractivity contribution in [1.82, 2.24) is 0 Å². The molecule has 1 aromatic carbocycles. The molecule has 1 heteroatoms. The molecule has 3 unspecified atom stereocenters. The lowest BCUT2D eigenvalue weighted by molar-refractivity contribution is 0.140. The average molecular weight is 184 g/mol. The van der Waals surface area contributed by atoms with Crippen LogP contribution in [0.4, 0.5) is 0 Å². The summed E-state index contributed by atoms with van der Waals surface area (Å²) in [5.74, 6) is 0.628. The van der Waals surface area contributed by atoms with Crippen LogP contribution in [0.3, 0.4) is 0 Å². The normalized spacial score (nSPS) is 32.8. The summed E-state index contributed by atoms with van der Waals surface area (Å²) in [7, 11) is 0. The van der Waals surface area contributed by atoms with Gasteiger partial charge in [-0.05, 0) is 11.1 Å². The summed E-state index contributed by atoms with van der Waals surface area (Å²) >= 11 is 0. The summed E-state index contributed by atoms with van der Waals surface area (Å²) in [6.07, 6.45) is 8.05. The van der Waals surface area contributed by atoms with Crippen molar-refractivity contribution in [3.8, 4) is 0 Å². The minimum atomic E-state index is -0.322. The predicted octanol–water partition coefficient (Wildman–Crippen LogP) is 2.56. The van der Waals surface area contributed by atoms with Crippen LogP contribution in [0.2, 0.25) is 0 Å². The number of aliphatic hydroxyl groups excluding tert-OH is 1. The molecular weight excluding hydrogens is 172 g/mol. The fourth-order valence-corrected chi connectivity index (χ4v) is 2.53. The van der Waals surface area contributed by atoms with Gasteiger partial charge >= 0.3 is 0 Å². The Morgan fingerprint density at radius 1 is 0.929 bits per heavy atom. The number of hydrogen-bond donors (Lipinski definition) is 1. The molecular formula is C13H12O. The van der Waals surface area contributed by atoms with E-state index in [1.54, 1.807) is 0 Å². The molecule has 0 heterocycles. The van der Waals surface area contributed by atoms with Crippen LogP contribution in [0.1, 0.15) is 23.1 Å². The van der Waals surface area contributed by atoms with Gasteiger partial charge in [0.05, 0.1) is 6.10 Å². The van der Waals surface area contributed by atoms with Gasteiger partial charge in [0.15, 0.2) is 0 Å². The predicted molar refractivity (Wildman–Crippen MR) is 55.9 cm³/mol. The van der Waals surface area contributed by atoms with E-state index in [4.69, 9.17) is 0 Å². The fourth-order valence-electron chi connectivity index (χ4n) is 2.53. The van der Waals surface area contributed by atoms with E-state index in [0.717, 1.165) is 5.56 Å². The number of hydrogen-bond acceptors (Lipinski definition) is 1. The van der Waals surface area contributed by atoms with Crippen LogP contribution in [0.15, 0.2) is 48.6 Å². The molecule has 0 bridgehead atoms. The van der Waals surface area contributed by atoms with Crippen LogP contribution in [-0.4, -0.2) is 5.11 Å². The fraction of sp³-hybridized carbons (Fsp3) is 0.231. The Bertz CT molecular complexity index is 417. The summed E-state index contributed by atoms with van der Waals surface area (Å²) < 4.78 is 0. The van der Waals surface area contributed by atoms with Crippen molar-refractivity contribution in [2.24, 2.45) is 5.92 Å². The molecule has 0 radical (unpaired) electrons. The second-order valence-corrected chi connectivity index (χ2v) is 3.95. The highest BCUT2D eigenvalue weighted by atomic mass is 16.3. The van der Waals surface area contributed by atoms with Gasteiger partial charge in [0.1, 0.15) is 0 Å². The van der Waals surface area contributed by atoms with Crippen LogP contribution in [0.25, 0.3) is 0 Å². The minimum absolute atomic E-state index is 0.248. The molecule has 2 aliphatic carbocycles. The van der Waals surface area contributed by atoms with Crippen molar-refractivity contribution in [3.63, 3.8) is 0 Å². The van der Waals surface area contributed by atoms with Gasteiger partial charge in [-0.15, -0.1) is 0 Å². The molecule has 70 valence electrons. The standard InChI is InChI=1S/C13H12O/c14-13-11-7-3-1-5-9(11)10-6-2-4-8-12(10)13/h1-9,11,13-14H.